The number of hydrogen-bond acceptors (Lipinski definition) is 8. The van der Waals surface area contributed by atoms with Gasteiger partial charge in [-0.2, -0.15) is 10.4 Å². The number of pyridine rings is 1. The van der Waals surface area contributed by atoms with Gasteiger partial charge < -0.3 is 20.0 Å². The number of rotatable bonds is 5. The Kier molecular flexibility index (Phi) is 5.90. The number of nitrogens with zero attached hydrogens (tertiary/aromatic N) is 7. The van der Waals surface area contributed by atoms with E-state index in [1.165, 1.54) is 18.5 Å². The van der Waals surface area contributed by atoms with Crippen molar-refractivity contribution in [3.05, 3.63) is 71.6 Å². The molecule has 0 bridgehead atoms. The molecule has 192 valence electrons. The maximum atomic E-state index is 14.2. The lowest BCUT2D eigenvalue weighted by atomic mass is 10.0. The second kappa shape index (κ2) is 9.41. The number of fused-ring (bicyclic) bond motifs is 2. The Labute approximate surface area is 217 Å². The Balaban J connectivity index is 1.57. The van der Waals surface area contributed by atoms with E-state index in [1.54, 1.807) is 4.68 Å². The van der Waals surface area contributed by atoms with Crippen LogP contribution in [0, 0.1) is 17.1 Å². The smallest absolute Gasteiger partial charge is 0.164 e. The van der Waals surface area contributed by atoms with Crippen LogP contribution < -0.4 is 5.73 Å². The number of phenols is 1. The van der Waals surface area contributed by atoms with Gasteiger partial charge in [-0.15, -0.1) is 0 Å². The zero-order valence-corrected chi connectivity index (χ0v) is 20.7. The Morgan fingerprint density at radius 3 is 2.79 bits per heavy atom. The molecular weight excluding hydrogens is 487 g/mol. The van der Waals surface area contributed by atoms with Crippen molar-refractivity contribution >= 4 is 22.4 Å². The molecule has 0 amide bonds. The molecule has 0 radical (unpaired) electrons. The topological polar surface area (TPSA) is 131 Å². The third kappa shape index (κ3) is 3.91. The highest BCUT2D eigenvalue weighted by Crippen LogP contribution is 2.37. The molecule has 5 heterocycles. The van der Waals surface area contributed by atoms with Crippen LogP contribution in [-0.4, -0.2) is 60.5 Å². The molecule has 1 fully saturated rings. The van der Waals surface area contributed by atoms with Gasteiger partial charge in [0.25, 0.3) is 0 Å². The van der Waals surface area contributed by atoms with Crippen molar-refractivity contribution in [1.29, 1.82) is 5.26 Å². The van der Waals surface area contributed by atoms with Crippen molar-refractivity contribution < 1.29 is 14.2 Å². The fourth-order valence-corrected chi connectivity index (χ4v) is 5.29. The predicted octanol–water partition coefficient (Wildman–Crippen LogP) is 3.49. The van der Waals surface area contributed by atoms with E-state index >= 15 is 0 Å². The molecule has 10 nitrogen and oxygen atoms in total. The van der Waals surface area contributed by atoms with E-state index in [0.29, 0.717) is 47.6 Å². The Hall–Kier alpha value is -4.53. The molecular formula is C27H25FN8O2. The number of nitriles is 1. The highest BCUT2D eigenvalue weighted by atomic mass is 19.1. The number of phenolic OH excluding ortho intramolecular Hbond substituents is 1. The van der Waals surface area contributed by atoms with Crippen LogP contribution in [0.25, 0.3) is 27.8 Å². The molecule has 3 N–H and O–H groups in total. The van der Waals surface area contributed by atoms with Crippen molar-refractivity contribution in [3.63, 3.8) is 0 Å². The van der Waals surface area contributed by atoms with Crippen LogP contribution in [0.5, 0.6) is 5.75 Å². The number of ether oxygens (including phenoxy) is 1. The molecule has 1 aliphatic heterocycles. The number of anilines is 1. The molecule has 11 heteroatoms. The third-order valence-electron chi connectivity index (χ3n) is 7.03. The molecule has 0 saturated carbocycles. The number of aromatic nitrogens is 5. The minimum Gasteiger partial charge on any atom is -0.508 e. The van der Waals surface area contributed by atoms with E-state index in [4.69, 9.17) is 15.6 Å². The zero-order valence-electron chi connectivity index (χ0n) is 20.7. The summed E-state index contributed by atoms with van der Waals surface area (Å²) >= 11 is 0. The Morgan fingerprint density at radius 2 is 2.03 bits per heavy atom. The Morgan fingerprint density at radius 1 is 1.21 bits per heavy atom. The largest absolute Gasteiger partial charge is 0.508 e. The summed E-state index contributed by atoms with van der Waals surface area (Å²) in [6.45, 7) is 5.47. The van der Waals surface area contributed by atoms with Gasteiger partial charge in [-0.05, 0) is 31.2 Å². The van der Waals surface area contributed by atoms with Crippen LogP contribution in [0.15, 0.2) is 48.9 Å². The number of morpholine rings is 1. The van der Waals surface area contributed by atoms with Crippen LogP contribution in [0.1, 0.15) is 29.8 Å². The standard InChI is InChI=1S/C27H25FN8O2/c1-16(23-20(13-29)21-4-2-3-5-35(21)22(23)14-34-6-8-38-9-7-34)36-27-24(26(30)31-15-32-27)25(33-36)17-10-18(28)12-19(37)11-17/h2-5,10-12,15-16,37H,6-9,14H2,1H3,(H2,30,31,32). The lowest BCUT2D eigenvalue weighted by Crippen LogP contribution is -2.36. The zero-order chi connectivity index (χ0) is 26.4. The van der Waals surface area contributed by atoms with Gasteiger partial charge in [0.1, 0.15) is 35.5 Å². The first kappa shape index (κ1) is 23.8. The molecule has 1 atom stereocenters. The molecule has 6 rings (SSSR count). The van der Waals surface area contributed by atoms with E-state index in [9.17, 15) is 14.8 Å². The second-order valence-corrected chi connectivity index (χ2v) is 9.32. The first-order valence-corrected chi connectivity index (χ1v) is 12.3. The lowest BCUT2D eigenvalue weighted by molar-refractivity contribution is 0.0334. The number of nitrogens with two attached hydrogens (primary N) is 1. The number of benzene rings is 1. The number of aromatic hydroxyl groups is 1. The van der Waals surface area contributed by atoms with Gasteiger partial charge in [0.15, 0.2) is 5.65 Å². The summed E-state index contributed by atoms with van der Waals surface area (Å²) in [5.74, 6) is -0.655. The van der Waals surface area contributed by atoms with E-state index in [1.807, 2.05) is 31.3 Å². The fraction of sp³-hybridized carbons (Fsp3) is 0.259. The number of nitrogen functional groups attached to an aromatic ring is 1. The maximum absolute atomic E-state index is 14.2. The molecule has 1 aliphatic rings. The SMILES string of the molecule is CC(c1c(C#N)c2ccccn2c1CN1CCOCC1)n1nc(-c2cc(O)cc(F)c2)c2c(N)ncnc21. The summed E-state index contributed by atoms with van der Waals surface area (Å²) in [4.78, 5) is 10.9. The van der Waals surface area contributed by atoms with E-state index in [-0.39, 0.29) is 11.6 Å². The van der Waals surface area contributed by atoms with Gasteiger partial charge in [0, 0.05) is 48.7 Å². The summed E-state index contributed by atoms with van der Waals surface area (Å²) < 4.78 is 23.5. The van der Waals surface area contributed by atoms with E-state index in [0.717, 1.165) is 35.9 Å². The Bertz CT molecular complexity index is 1690. The van der Waals surface area contributed by atoms with Crippen molar-refractivity contribution in [2.24, 2.45) is 0 Å². The summed E-state index contributed by atoms with van der Waals surface area (Å²) in [6, 6.07) is 11.5. The van der Waals surface area contributed by atoms with Crippen LogP contribution >= 0.6 is 0 Å². The van der Waals surface area contributed by atoms with E-state index < -0.39 is 11.9 Å². The third-order valence-corrected chi connectivity index (χ3v) is 7.03. The second-order valence-electron chi connectivity index (χ2n) is 9.32. The molecule has 4 aromatic heterocycles. The molecule has 5 aromatic rings. The highest BCUT2D eigenvalue weighted by Gasteiger charge is 2.29. The summed E-state index contributed by atoms with van der Waals surface area (Å²) in [5.41, 5.74) is 10.5. The molecule has 38 heavy (non-hydrogen) atoms. The van der Waals surface area contributed by atoms with Gasteiger partial charge in [0.05, 0.1) is 35.7 Å². The van der Waals surface area contributed by atoms with Crippen molar-refractivity contribution in [3.8, 4) is 23.1 Å². The van der Waals surface area contributed by atoms with Crippen molar-refractivity contribution in [1.82, 2.24) is 29.0 Å². The average Bonchev–Trinajstić information content (AvgIpc) is 3.46. The quantitative estimate of drug-likeness (QED) is 0.366. The van der Waals surface area contributed by atoms with Gasteiger partial charge in [0.2, 0.25) is 0 Å². The average molecular weight is 513 g/mol. The molecule has 0 aliphatic carbocycles. The predicted molar refractivity (Wildman–Crippen MR) is 139 cm³/mol. The molecule has 0 spiro atoms. The summed E-state index contributed by atoms with van der Waals surface area (Å²) in [6.07, 6.45) is 3.32. The molecule has 1 saturated heterocycles. The molecule has 1 unspecified atom stereocenters. The van der Waals surface area contributed by atoms with Crippen molar-refractivity contribution in [2.45, 2.75) is 19.5 Å². The van der Waals surface area contributed by atoms with Crippen LogP contribution in [0.3, 0.4) is 0 Å². The fourth-order valence-electron chi connectivity index (χ4n) is 5.29. The van der Waals surface area contributed by atoms with Gasteiger partial charge >= 0.3 is 0 Å². The van der Waals surface area contributed by atoms with Crippen LogP contribution in [0.2, 0.25) is 0 Å². The minimum absolute atomic E-state index is 0.184. The molecule has 1 aromatic carbocycles. The van der Waals surface area contributed by atoms with Gasteiger partial charge in [-0.3, -0.25) is 4.90 Å². The lowest BCUT2D eigenvalue weighted by Gasteiger charge is -2.27. The van der Waals surface area contributed by atoms with Crippen molar-refractivity contribution in [2.75, 3.05) is 32.0 Å². The first-order valence-electron chi connectivity index (χ1n) is 12.3. The minimum atomic E-state index is -0.607. The van der Waals surface area contributed by atoms with Gasteiger partial charge in [-0.1, -0.05) is 6.07 Å². The van der Waals surface area contributed by atoms with E-state index in [2.05, 4.69) is 25.3 Å². The van der Waals surface area contributed by atoms with Gasteiger partial charge in [-0.25, -0.2) is 19.0 Å². The highest BCUT2D eigenvalue weighted by molar-refractivity contribution is 5.98. The normalized spacial score (nSPS) is 15.2. The number of hydrogen-bond donors (Lipinski definition) is 2. The first-order chi connectivity index (χ1) is 18.5. The monoisotopic (exact) mass is 512 g/mol. The summed E-state index contributed by atoms with van der Waals surface area (Å²) in [5, 5.41) is 25.6. The number of halogens is 1. The summed E-state index contributed by atoms with van der Waals surface area (Å²) in [7, 11) is 0. The van der Waals surface area contributed by atoms with Crippen LogP contribution in [-0.2, 0) is 11.3 Å². The maximum Gasteiger partial charge on any atom is 0.164 e. The van der Waals surface area contributed by atoms with Crippen LogP contribution in [0.4, 0.5) is 10.2 Å².